The van der Waals surface area contributed by atoms with Gasteiger partial charge >= 0.3 is 0 Å². The number of nitrogens with one attached hydrogen (secondary N) is 1. The monoisotopic (exact) mass is 179 g/mol. The summed E-state index contributed by atoms with van der Waals surface area (Å²) in [6, 6.07) is 0. The summed E-state index contributed by atoms with van der Waals surface area (Å²) in [4.78, 5) is 21.9. The predicted molar refractivity (Wildman–Crippen MR) is 47.1 cm³/mol. The summed E-state index contributed by atoms with van der Waals surface area (Å²) < 4.78 is 1.62. The molecule has 0 spiro atoms. The van der Waals surface area contributed by atoms with Crippen molar-refractivity contribution >= 4 is 11.2 Å². The summed E-state index contributed by atoms with van der Waals surface area (Å²) >= 11 is 0. The quantitative estimate of drug-likeness (QED) is 0.608. The number of hydrogen-bond donors (Lipinski definition) is 2. The Balaban J connectivity index is 2.90. The number of aromatic amines is 1. The Bertz CT molecular complexity index is 497. The molecule has 6 nitrogen and oxygen atoms in total. The Labute approximate surface area is 73.4 Å². The topological polar surface area (TPSA) is 89.6 Å². The second kappa shape index (κ2) is 2.67. The van der Waals surface area contributed by atoms with Crippen LogP contribution in [0.5, 0.6) is 0 Å². The number of imidazole rings is 1. The Morgan fingerprint density at radius 1 is 1.69 bits per heavy atom. The summed E-state index contributed by atoms with van der Waals surface area (Å²) in [5.74, 6) is 0.563. The zero-order chi connectivity index (χ0) is 9.42. The molecule has 0 fully saturated rings. The minimum atomic E-state index is -0.227. The molecule has 0 aliphatic rings. The van der Waals surface area contributed by atoms with E-state index < -0.39 is 0 Å². The smallest absolute Gasteiger partial charge is 0.279 e. The van der Waals surface area contributed by atoms with Crippen LogP contribution in [0.15, 0.2) is 11.1 Å². The van der Waals surface area contributed by atoms with E-state index in [1.165, 1.54) is 6.33 Å². The van der Waals surface area contributed by atoms with Crippen LogP contribution in [-0.4, -0.2) is 19.5 Å². The maximum atomic E-state index is 11.3. The first-order valence-corrected chi connectivity index (χ1v) is 3.84. The van der Waals surface area contributed by atoms with E-state index in [1.807, 2.05) is 0 Å². The van der Waals surface area contributed by atoms with E-state index in [9.17, 15) is 4.79 Å². The first-order chi connectivity index (χ1) is 6.22. The number of aromatic nitrogens is 4. The normalized spacial score (nSPS) is 10.9. The van der Waals surface area contributed by atoms with Crippen molar-refractivity contribution in [2.24, 2.45) is 5.73 Å². The fourth-order valence-corrected chi connectivity index (χ4v) is 1.20. The van der Waals surface area contributed by atoms with Crippen molar-refractivity contribution in [3.8, 4) is 0 Å². The predicted octanol–water partition coefficient (Wildman–Crippen LogP) is -0.656. The number of rotatable bonds is 1. The number of H-pyrrole nitrogens is 1. The molecule has 0 amide bonds. The van der Waals surface area contributed by atoms with Gasteiger partial charge in [0.2, 0.25) is 0 Å². The number of hydrogen-bond acceptors (Lipinski definition) is 4. The van der Waals surface area contributed by atoms with Crippen molar-refractivity contribution in [3.63, 3.8) is 0 Å². The standard InChI is InChI=1S/C7H9N5O/c1-4-10-6-5(7(13)11-4)9-3-12(6)2-8/h3H,2,8H2,1H3,(H,10,11,13). The molecule has 0 radical (unpaired) electrons. The van der Waals surface area contributed by atoms with Crippen molar-refractivity contribution in [3.05, 3.63) is 22.5 Å². The number of nitrogens with zero attached hydrogens (tertiary/aromatic N) is 3. The van der Waals surface area contributed by atoms with Gasteiger partial charge in [-0.25, -0.2) is 9.97 Å². The third-order valence-electron chi connectivity index (χ3n) is 1.79. The Kier molecular flexibility index (Phi) is 1.63. The molecule has 2 rings (SSSR count). The van der Waals surface area contributed by atoms with Crippen LogP contribution >= 0.6 is 0 Å². The largest absolute Gasteiger partial charge is 0.314 e. The molecule has 2 heterocycles. The van der Waals surface area contributed by atoms with Crippen LogP contribution in [0.4, 0.5) is 0 Å². The van der Waals surface area contributed by atoms with E-state index in [2.05, 4.69) is 15.0 Å². The van der Waals surface area contributed by atoms with Crippen molar-refractivity contribution < 1.29 is 0 Å². The lowest BCUT2D eigenvalue weighted by Crippen LogP contribution is -2.12. The first-order valence-electron chi connectivity index (χ1n) is 3.84. The molecule has 2 aromatic rings. The van der Waals surface area contributed by atoms with Crippen molar-refractivity contribution in [1.29, 1.82) is 0 Å². The van der Waals surface area contributed by atoms with Crippen LogP contribution < -0.4 is 11.3 Å². The number of fused-ring (bicyclic) bond motifs is 1. The van der Waals surface area contributed by atoms with E-state index in [4.69, 9.17) is 5.73 Å². The van der Waals surface area contributed by atoms with Gasteiger partial charge in [-0.2, -0.15) is 0 Å². The average molecular weight is 179 g/mol. The van der Waals surface area contributed by atoms with Crippen LogP contribution in [-0.2, 0) is 6.67 Å². The maximum Gasteiger partial charge on any atom is 0.279 e. The Morgan fingerprint density at radius 3 is 3.15 bits per heavy atom. The lowest BCUT2D eigenvalue weighted by Gasteiger charge is -1.97. The highest BCUT2D eigenvalue weighted by atomic mass is 16.1. The van der Waals surface area contributed by atoms with Crippen molar-refractivity contribution in [2.75, 3.05) is 0 Å². The molecule has 2 aromatic heterocycles. The molecule has 0 aliphatic carbocycles. The van der Waals surface area contributed by atoms with Crippen molar-refractivity contribution in [2.45, 2.75) is 13.6 Å². The Hall–Kier alpha value is -1.69. The van der Waals surface area contributed by atoms with E-state index in [1.54, 1.807) is 11.5 Å². The molecule has 13 heavy (non-hydrogen) atoms. The van der Waals surface area contributed by atoms with E-state index in [-0.39, 0.29) is 12.2 Å². The minimum absolute atomic E-state index is 0.227. The molecule has 0 bridgehead atoms. The van der Waals surface area contributed by atoms with Crippen LogP contribution in [0.2, 0.25) is 0 Å². The minimum Gasteiger partial charge on any atom is -0.314 e. The van der Waals surface area contributed by atoms with Crippen LogP contribution in [0.25, 0.3) is 11.2 Å². The highest BCUT2D eigenvalue weighted by Crippen LogP contribution is 2.03. The molecule has 0 aliphatic heterocycles. The molecular formula is C7H9N5O. The molecule has 6 heteroatoms. The van der Waals surface area contributed by atoms with Gasteiger partial charge in [0.25, 0.3) is 5.56 Å². The highest BCUT2D eigenvalue weighted by molar-refractivity contribution is 5.69. The van der Waals surface area contributed by atoms with Gasteiger partial charge in [0, 0.05) is 0 Å². The van der Waals surface area contributed by atoms with Gasteiger partial charge in [0.15, 0.2) is 11.2 Å². The molecular weight excluding hydrogens is 170 g/mol. The molecule has 3 N–H and O–H groups in total. The summed E-state index contributed by atoms with van der Waals surface area (Å²) in [5, 5.41) is 0. The zero-order valence-electron chi connectivity index (χ0n) is 7.11. The number of nitrogens with two attached hydrogens (primary N) is 1. The summed E-state index contributed by atoms with van der Waals surface area (Å²) in [5.41, 5.74) is 6.07. The lowest BCUT2D eigenvalue weighted by molar-refractivity contribution is 0.744. The fraction of sp³-hybridized carbons (Fsp3) is 0.286. The number of aryl methyl sites for hydroxylation is 1. The highest BCUT2D eigenvalue weighted by Gasteiger charge is 2.06. The van der Waals surface area contributed by atoms with Crippen molar-refractivity contribution in [1.82, 2.24) is 19.5 Å². The first kappa shape index (κ1) is 7.93. The third kappa shape index (κ3) is 1.11. The molecule has 68 valence electrons. The van der Waals surface area contributed by atoms with Gasteiger partial charge in [-0.3, -0.25) is 4.79 Å². The van der Waals surface area contributed by atoms with Gasteiger partial charge in [-0.1, -0.05) is 0 Å². The molecule has 0 unspecified atom stereocenters. The van der Waals surface area contributed by atoms with Crippen LogP contribution in [0, 0.1) is 6.92 Å². The van der Waals surface area contributed by atoms with E-state index >= 15 is 0 Å². The second-order valence-corrected chi connectivity index (χ2v) is 2.72. The fourth-order valence-electron chi connectivity index (χ4n) is 1.20. The van der Waals surface area contributed by atoms with E-state index in [0.29, 0.717) is 17.0 Å². The maximum absolute atomic E-state index is 11.3. The SMILES string of the molecule is Cc1nc2c(ncn2CN)c(=O)[nH]1. The summed E-state index contributed by atoms with van der Waals surface area (Å²) in [6.45, 7) is 1.99. The molecule has 0 saturated heterocycles. The van der Waals surface area contributed by atoms with Crippen LogP contribution in [0.3, 0.4) is 0 Å². The van der Waals surface area contributed by atoms with Gasteiger partial charge in [0.05, 0.1) is 13.0 Å². The summed E-state index contributed by atoms with van der Waals surface area (Å²) in [7, 11) is 0. The van der Waals surface area contributed by atoms with E-state index in [0.717, 1.165) is 0 Å². The molecule has 0 aromatic carbocycles. The van der Waals surface area contributed by atoms with Gasteiger partial charge in [0.1, 0.15) is 5.82 Å². The third-order valence-corrected chi connectivity index (χ3v) is 1.79. The zero-order valence-corrected chi connectivity index (χ0v) is 7.11. The summed E-state index contributed by atoms with van der Waals surface area (Å²) in [6.07, 6.45) is 1.51. The van der Waals surface area contributed by atoms with Gasteiger partial charge in [-0.15, -0.1) is 0 Å². The average Bonchev–Trinajstić information content (AvgIpc) is 2.47. The lowest BCUT2D eigenvalue weighted by atomic mass is 10.5. The second-order valence-electron chi connectivity index (χ2n) is 2.72. The van der Waals surface area contributed by atoms with Gasteiger partial charge in [-0.05, 0) is 6.92 Å². The van der Waals surface area contributed by atoms with Gasteiger partial charge < -0.3 is 15.3 Å². The Morgan fingerprint density at radius 2 is 2.46 bits per heavy atom. The van der Waals surface area contributed by atoms with Crippen LogP contribution in [0.1, 0.15) is 5.82 Å². The molecule has 0 saturated carbocycles. The molecule has 0 atom stereocenters.